The number of para-hydroxylation sites is 1. The van der Waals surface area contributed by atoms with Gasteiger partial charge in [-0.05, 0) is 48.6 Å². The minimum absolute atomic E-state index is 0.0957. The monoisotopic (exact) mass is 435 g/mol. The van der Waals surface area contributed by atoms with Gasteiger partial charge >= 0.3 is 0 Å². The third kappa shape index (κ3) is 5.38. The van der Waals surface area contributed by atoms with Crippen molar-refractivity contribution in [2.24, 2.45) is 11.7 Å². The molecule has 158 valence electrons. The Labute approximate surface area is 177 Å². The number of nitrogens with zero attached hydrogens (tertiary/aromatic N) is 1. The Morgan fingerprint density at radius 3 is 2.62 bits per heavy atom. The van der Waals surface area contributed by atoms with Crippen LogP contribution >= 0.6 is 11.3 Å². The molecule has 3 N–H and O–H groups in total. The summed E-state index contributed by atoms with van der Waals surface area (Å²) in [5.74, 6) is -0.412. The fraction of sp³-hybridized carbons (Fsp3) is 0.476. The first-order chi connectivity index (χ1) is 13.6. The Hall–Kier alpha value is -1.90. The van der Waals surface area contributed by atoms with E-state index < -0.39 is 10.0 Å². The van der Waals surface area contributed by atoms with E-state index in [1.165, 1.54) is 11.3 Å². The van der Waals surface area contributed by atoms with Crippen molar-refractivity contribution in [1.82, 2.24) is 4.90 Å². The Kier molecular flexibility index (Phi) is 6.36. The maximum absolute atomic E-state index is 13.0. The fourth-order valence-electron chi connectivity index (χ4n) is 3.49. The van der Waals surface area contributed by atoms with Crippen LogP contribution in [0.1, 0.15) is 44.1 Å². The van der Waals surface area contributed by atoms with Crippen molar-refractivity contribution in [3.63, 3.8) is 0 Å². The van der Waals surface area contributed by atoms with Gasteiger partial charge in [-0.2, -0.15) is 0 Å². The molecule has 29 heavy (non-hydrogen) atoms. The third-order valence-electron chi connectivity index (χ3n) is 5.15. The van der Waals surface area contributed by atoms with E-state index in [1.807, 2.05) is 24.3 Å². The summed E-state index contributed by atoms with van der Waals surface area (Å²) in [5, 5.41) is 0. The number of likely N-dealkylation sites (tertiary alicyclic amines) is 1. The molecule has 2 aromatic rings. The van der Waals surface area contributed by atoms with E-state index in [2.05, 4.69) is 30.4 Å². The molecule has 8 heteroatoms. The highest BCUT2D eigenvalue weighted by molar-refractivity contribution is 7.94. The molecule has 1 atom stereocenters. The van der Waals surface area contributed by atoms with Crippen molar-refractivity contribution in [3.8, 4) is 0 Å². The number of sulfonamides is 1. The number of thiophene rings is 1. The van der Waals surface area contributed by atoms with E-state index in [1.54, 1.807) is 12.1 Å². The maximum atomic E-state index is 13.0. The molecule has 6 nitrogen and oxygen atoms in total. The normalized spacial score (nSPS) is 18.5. The lowest BCUT2D eigenvalue weighted by Gasteiger charge is -2.31. The molecule has 1 aliphatic rings. The molecule has 1 saturated heterocycles. The number of nitrogens with one attached hydrogen (secondary N) is 1. The zero-order chi connectivity index (χ0) is 21.2. The molecule has 1 aromatic carbocycles. The molecule has 1 aromatic heterocycles. The largest absolute Gasteiger partial charge is 0.369 e. The van der Waals surface area contributed by atoms with E-state index in [-0.39, 0.29) is 17.2 Å². The molecule has 3 rings (SSSR count). The van der Waals surface area contributed by atoms with Gasteiger partial charge in [0.15, 0.2) is 0 Å². The number of nitrogens with two attached hydrogens (primary N) is 1. The van der Waals surface area contributed by atoms with Gasteiger partial charge in [-0.3, -0.25) is 14.4 Å². The molecular weight excluding hydrogens is 406 g/mol. The van der Waals surface area contributed by atoms with Crippen molar-refractivity contribution in [2.75, 3.05) is 17.8 Å². The summed E-state index contributed by atoms with van der Waals surface area (Å²) in [6.45, 7) is 8.24. The number of hydrogen-bond acceptors (Lipinski definition) is 5. The number of carbonyl (C=O) groups excluding carboxylic acids is 1. The smallest absolute Gasteiger partial charge is 0.271 e. The zero-order valence-corrected chi connectivity index (χ0v) is 18.8. The van der Waals surface area contributed by atoms with E-state index >= 15 is 0 Å². The van der Waals surface area contributed by atoms with Crippen molar-refractivity contribution < 1.29 is 13.2 Å². The minimum atomic E-state index is -3.66. The molecule has 1 aliphatic heterocycles. The lowest BCUT2D eigenvalue weighted by atomic mass is 9.95. The second-order valence-corrected chi connectivity index (χ2v) is 11.6. The number of anilines is 1. The summed E-state index contributed by atoms with van der Waals surface area (Å²) >= 11 is 1.30. The van der Waals surface area contributed by atoms with Crippen LogP contribution < -0.4 is 10.5 Å². The Bertz CT molecular complexity index is 977. The van der Waals surface area contributed by atoms with Gasteiger partial charge in [-0.25, -0.2) is 8.42 Å². The summed E-state index contributed by atoms with van der Waals surface area (Å²) in [4.78, 5) is 14.7. The lowest BCUT2D eigenvalue weighted by Crippen LogP contribution is -2.40. The number of benzene rings is 1. The highest BCUT2D eigenvalue weighted by atomic mass is 32.2. The molecule has 0 radical (unpaired) electrons. The maximum Gasteiger partial charge on any atom is 0.271 e. The van der Waals surface area contributed by atoms with Crippen LogP contribution in [-0.4, -0.2) is 32.3 Å². The van der Waals surface area contributed by atoms with Crippen LogP contribution in [0.5, 0.6) is 0 Å². The molecular formula is C21H29N3O3S2. The number of amides is 1. The quantitative estimate of drug-likeness (QED) is 0.726. The number of rotatable bonds is 6. The fourth-order valence-corrected chi connectivity index (χ4v) is 5.96. The molecule has 1 amide bonds. The van der Waals surface area contributed by atoms with Crippen LogP contribution in [0, 0.1) is 5.92 Å². The zero-order valence-electron chi connectivity index (χ0n) is 17.1. The third-order valence-corrected chi connectivity index (χ3v) is 8.52. The first-order valence-corrected chi connectivity index (χ1v) is 12.1. The first-order valence-electron chi connectivity index (χ1n) is 9.79. The number of hydrogen-bond donors (Lipinski definition) is 2. The van der Waals surface area contributed by atoms with Gasteiger partial charge in [0.1, 0.15) is 4.21 Å². The molecule has 0 saturated carbocycles. The van der Waals surface area contributed by atoms with Gasteiger partial charge in [-0.15, -0.1) is 11.3 Å². The van der Waals surface area contributed by atoms with Crippen molar-refractivity contribution in [1.29, 1.82) is 0 Å². The molecule has 2 heterocycles. The van der Waals surface area contributed by atoms with E-state index in [0.29, 0.717) is 23.0 Å². The van der Waals surface area contributed by atoms with Gasteiger partial charge in [0.05, 0.1) is 11.6 Å². The first kappa shape index (κ1) is 21.8. The van der Waals surface area contributed by atoms with Crippen LogP contribution in [0.4, 0.5) is 5.69 Å². The van der Waals surface area contributed by atoms with E-state index in [9.17, 15) is 13.2 Å². The summed E-state index contributed by atoms with van der Waals surface area (Å²) < 4.78 is 29.0. The van der Waals surface area contributed by atoms with Crippen LogP contribution in [0.2, 0.25) is 0 Å². The predicted octanol–water partition coefficient (Wildman–Crippen LogP) is 3.54. The van der Waals surface area contributed by atoms with E-state index in [4.69, 9.17) is 5.73 Å². The Morgan fingerprint density at radius 2 is 1.97 bits per heavy atom. The van der Waals surface area contributed by atoms with Gasteiger partial charge in [0, 0.05) is 18.0 Å². The summed E-state index contributed by atoms with van der Waals surface area (Å²) in [7, 11) is -3.66. The van der Waals surface area contributed by atoms with Crippen LogP contribution in [0.25, 0.3) is 0 Å². The SMILES string of the molecule is CC(C)(C)c1ccc(S(=O)(=O)Nc2ccccc2CN2CCC[C@H](C(N)=O)C2)s1. The highest BCUT2D eigenvalue weighted by Gasteiger charge is 2.26. The second kappa shape index (κ2) is 8.45. The molecule has 0 unspecified atom stereocenters. The van der Waals surface area contributed by atoms with Crippen LogP contribution in [-0.2, 0) is 26.8 Å². The van der Waals surface area contributed by atoms with Gasteiger partial charge in [-0.1, -0.05) is 39.0 Å². The number of primary amides is 1. The number of carbonyl (C=O) groups is 1. The Balaban J connectivity index is 1.78. The minimum Gasteiger partial charge on any atom is -0.369 e. The molecule has 0 bridgehead atoms. The summed E-state index contributed by atoms with van der Waals surface area (Å²) in [6.07, 6.45) is 1.72. The summed E-state index contributed by atoms with van der Waals surface area (Å²) in [5.41, 5.74) is 6.83. The van der Waals surface area contributed by atoms with Crippen molar-refractivity contribution in [2.45, 2.75) is 49.8 Å². The van der Waals surface area contributed by atoms with Gasteiger partial charge < -0.3 is 5.73 Å². The van der Waals surface area contributed by atoms with Gasteiger partial charge in [0.25, 0.3) is 10.0 Å². The predicted molar refractivity (Wildman–Crippen MR) is 117 cm³/mol. The van der Waals surface area contributed by atoms with Gasteiger partial charge in [0.2, 0.25) is 5.91 Å². The molecule has 0 spiro atoms. The lowest BCUT2D eigenvalue weighted by molar-refractivity contribution is -0.123. The molecule has 0 aliphatic carbocycles. The second-order valence-electron chi connectivity index (χ2n) is 8.61. The van der Waals surface area contributed by atoms with E-state index in [0.717, 1.165) is 29.8 Å². The Morgan fingerprint density at radius 1 is 1.24 bits per heavy atom. The average Bonchev–Trinajstić information content (AvgIpc) is 3.15. The standard InChI is InChI=1S/C21H29N3O3S2/c1-21(2,3)18-10-11-19(28-18)29(26,27)23-17-9-5-4-7-15(17)13-24-12-6-8-16(14-24)20(22)25/h4-5,7,9-11,16,23H,6,8,12-14H2,1-3H3,(H2,22,25)/t16-/m0/s1. The molecule has 1 fully saturated rings. The average molecular weight is 436 g/mol. The van der Waals surface area contributed by atoms with Crippen LogP contribution in [0.15, 0.2) is 40.6 Å². The highest BCUT2D eigenvalue weighted by Crippen LogP contribution is 2.33. The topological polar surface area (TPSA) is 92.5 Å². The van der Waals surface area contributed by atoms with Crippen molar-refractivity contribution in [3.05, 3.63) is 46.8 Å². The summed E-state index contributed by atoms with van der Waals surface area (Å²) in [6, 6.07) is 11.0. The van der Waals surface area contributed by atoms with Crippen LogP contribution in [0.3, 0.4) is 0 Å². The van der Waals surface area contributed by atoms with Crippen molar-refractivity contribution >= 4 is 33.0 Å². The number of piperidine rings is 1.